The molecule has 4 nitrogen and oxygen atoms in total. The predicted octanol–water partition coefficient (Wildman–Crippen LogP) is 1.78. The number of anilines is 1. The van der Waals surface area contributed by atoms with E-state index in [1.807, 2.05) is 37.8 Å². The minimum Gasteiger partial charge on any atom is -0.465 e. The highest BCUT2D eigenvalue weighted by atomic mass is 16.5. The summed E-state index contributed by atoms with van der Waals surface area (Å²) >= 11 is 0. The lowest BCUT2D eigenvalue weighted by Gasteiger charge is -2.21. The zero-order valence-electron chi connectivity index (χ0n) is 10.1. The van der Waals surface area contributed by atoms with Crippen LogP contribution in [0.5, 0.6) is 0 Å². The number of nitrogens with zero attached hydrogens (tertiary/aromatic N) is 2. The topological polar surface area (TPSA) is 42.4 Å². The molecule has 0 spiro atoms. The molecule has 0 bridgehead atoms. The fourth-order valence-corrected chi connectivity index (χ4v) is 1.48. The number of hydrogen-bond acceptors (Lipinski definition) is 4. The number of rotatable bonds is 5. The third-order valence-electron chi connectivity index (χ3n) is 2.25. The predicted molar refractivity (Wildman–Crippen MR) is 63.5 cm³/mol. The summed E-state index contributed by atoms with van der Waals surface area (Å²) in [6, 6.07) is 3.86. The van der Waals surface area contributed by atoms with Crippen LogP contribution in [-0.4, -0.2) is 30.6 Å². The number of pyridine rings is 1. The largest absolute Gasteiger partial charge is 0.465 e. The van der Waals surface area contributed by atoms with Crippen LogP contribution in [0.2, 0.25) is 0 Å². The van der Waals surface area contributed by atoms with E-state index in [2.05, 4.69) is 4.98 Å². The summed E-state index contributed by atoms with van der Waals surface area (Å²) in [4.78, 5) is 17.5. The number of esters is 1. The van der Waals surface area contributed by atoms with Gasteiger partial charge in [0.2, 0.25) is 0 Å². The van der Waals surface area contributed by atoms with Gasteiger partial charge in [-0.2, -0.15) is 0 Å². The van der Waals surface area contributed by atoms with Crippen LogP contribution in [0.3, 0.4) is 0 Å². The summed E-state index contributed by atoms with van der Waals surface area (Å²) in [6.45, 7) is 7.23. The molecule has 1 heterocycles. The molecular formula is C12H18N2O2. The molecule has 0 atom stereocenters. The van der Waals surface area contributed by atoms with E-state index in [-0.39, 0.29) is 12.5 Å². The lowest BCUT2D eigenvalue weighted by atomic mass is 10.3. The SMILES string of the molecule is CCOC(=O)CN(CC)c1ccnc(C)c1. The summed E-state index contributed by atoms with van der Waals surface area (Å²) in [5, 5.41) is 0. The number of likely N-dealkylation sites (N-methyl/N-ethyl adjacent to an activating group) is 1. The van der Waals surface area contributed by atoms with Crippen LogP contribution in [-0.2, 0) is 9.53 Å². The molecule has 4 heteroatoms. The summed E-state index contributed by atoms with van der Waals surface area (Å²) in [6.07, 6.45) is 1.75. The van der Waals surface area contributed by atoms with Gasteiger partial charge in [0.25, 0.3) is 0 Å². The summed E-state index contributed by atoms with van der Waals surface area (Å²) in [7, 11) is 0. The Hall–Kier alpha value is -1.58. The average Bonchev–Trinajstić information content (AvgIpc) is 2.26. The van der Waals surface area contributed by atoms with Crippen molar-refractivity contribution in [2.75, 3.05) is 24.6 Å². The van der Waals surface area contributed by atoms with Crippen molar-refractivity contribution >= 4 is 11.7 Å². The quantitative estimate of drug-likeness (QED) is 0.712. The molecule has 16 heavy (non-hydrogen) atoms. The molecule has 0 aliphatic rings. The number of carbonyl (C=O) groups is 1. The number of hydrogen-bond donors (Lipinski definition) is 0. The maximum Gasteiger partial charge on any atom is 0.325 e. The van der Waals surface area contributed by atoms with Crippen LogP contribution in [0, 0.1) is 6.92 Å². The molecule has 1 aromatic rings. The van der Waals surface area contributed by atoms with Crippen molar-refractivity contribution in [2.45, 2.75) is 20.8 Å². The second-order valence-corrected chi connectivity index (χ2v) is 3.47. The highest BCUT2D eigenvalue weighted by molar-refractivity contribution is 5.75. The molecule has 1 rings (SSSR count). The molecule has 0 saturated heterocycles. The van der Waals surface area contributed by atoms with Crippen LogP contribution in [0.1, 0.15) is 19.5 Å². The van der Waals surface area contributed by atoms with Gasteiger partial charge in [0.15, 0.2) is 0 Å². The third-order valence-corrected chi connectivity index (χ3v) is 2.25. The smallest absolute Gasteiger partial charge is 0.325 e. The van der Waals surface area contributed by atoms with Crippen molar-refractivity contribution in [3.8, 4) is 0 Å². The van der Waals surface area contributed by atoms with E-state index >= 15 is 0 Å². The highest BCUT2D eigenvalue weighted by Gasteiger charge is 2.10. The first-order chi connectivity index (χ1) is 7.67. The first-order valence-corrected chi connectivity index (χ1v) is 5.50. The fourth-order valence-electron chi connectivity index (χ4n) is 1.48. The number of aryl methyl sites for hydroxylation is 1. The number of carbonyl (C=O) groups excluding carboxylic acids is 1. The Morgan fingerprint density at radius 2 is 2.25 bits per heavy atom. The van der Waals surface area contributed by atoms with Crippen LogP contribution in [0.4, 0.5) is 5.69 Å². The second kappa shape index (κ2) is 6.10. The zero-order valence-corrected chi connectivity index (χ0v) is 10.1. The molecule has 0 amide bonds. The minimum atomic E-state index is -0.196. The Labute approximate surface area is 96.2 Å². The molecule has 1 aromatic heterocycles. The van der Waals surface area contributed by atoms with Crippen LogP contribution in [0.25, 0.3) is 0 Å². The highest BCUT2D eigenvalue weighted by Crippen LogP contribution is 2.13. The van der Waals surface area contributed by atoms with Crippen molar-refractivity contribution in [1.29, 1.82) is 0 Å². The standard InChI is InChI=1S/C12H18N2O2/c1-4-14(9-12(15)16-5-2)11-6-7-13-10(3)8-11/h6-8H,4-5,9H2,1-3H3. The van der Waals surface area contributed by atoms with Gasteiger partial charge in [-0.1, -0.05) is 0 Å². The molecule has 0 aliphatic heterocycles. The van der Waals surface area contributed by atoms with E-state index < -0.39 is 0 Å². The summed E-state index contributed by atoms with van der Waals surface area (Å²) in [5.74, 6) is -0.196. The Morgan fingerprint density at radius 1 is 1.50 bits per heavy atom. The Balaban J connectivity index is 2.70. The van der Waals surface area contributed by atoms with Gasteiger partial charge >= 0.3 is 5.97 Å². The van der Waals surface area contributed by atoms with E-state index in [4.69, 9.17) is 4.74 Å². The van der Waals surface area contributed by atoms with E-state index in [0.717, 1.165) is 17.9 Å². The van der Waals surface area contributed by atoms with Crippen LogP contribution >= 0.6 is 0 Å². The lowest BCUT2D eigenvalue weighted by Crippen LogP contribution is -2.30. The van der Waals surface area contributed by atoms with Gasteiger partial charge in [-0.3, -0.25) is 9.78 Å². The van der Waals surface area contributed by atoms with Gasteiger partial charge in [0, 0.05) is 24.1 Å². The fraction of sp³-hybridized carbons (Fsp3) is 0.500. The van der Waals surface area contributed by atoms with Gasteiger partial charge in [-0.15, -0.1) is 0 Å². The minimum absolute atomic E-state index is 0.196. The molecule has 0 radical (unpaired) electrons. The van der Waals surface area contributed by atoms with Crippen molar-refractivity contribution in [1.82, 2.24) is 4.98 Å². The number of ether oxygens (including phenoxy) is 1. The Kier molecular flexibility index (Phi) is 4.76. The van der Waals surface area contributed by atoms with Crippen LogP contribution < -0.4 is 4.90 Å². The monoisotopic (exact) mass is 222 g/mol. The van der Waals surface area contributed by atoms with Gasteiger partial charge in [-0.25, -0.2) is 0 Å². The summed E-state index contributed by atoms with van der Waals surface area (Å²) in [5.41, 5.74) is 1.95. The molecule has 0 saturated carbocycles. The van der Waals surface area contributed by atoms with E-state index in [1.165, 1.54) is 0 Å². The zero-order chi connectivity index (χ0) is 12.0. The van der Waals surface area contributed by atoms with Crippen LogP contribution in [0.15, 0.2) is 18.3 Å². The molecular weight excluding hydrogens is 204 g/mol. The second-order valence-electron chi connectivity index (χ2n) is 3.47. The number of aromatic nitrogens is 1. The van der Waals surface area contributed by atoms with Gasteiger partial charge in [-0.05, 0) is 32.9 Å². The molecule has 88 valence electrons. The normalized spacial score (nSPS) is 9.94. The van der Waals surface area contributed by atoms with Gasteiger partial charge < -0.3 is 9.64 Å². The molecule has 0 N–H and O–H groups in total. The average molecular weight is 222 g/mol. The lowest BCUT2D eigenvalue weighted by molar-refractivity contribution is -0.141. The Morgan fingerprint density at radius 3 is 2.81 bits per heavy atom. The van der Waals surface area contributed by atoms with E-state index in [1.54, 1.807) is 6.20 Å². The molecule has 0 aliphatic carbocycles. The molecule has 0 unspecified atom stereocenters. The maximum absolute atomic E-state index is 11.4. The van der Waals surface area contributed by atoms with Crippen molar-refractivity contribution in [3.63, 3.8) is 0 Å². The Bertz CT molecular complexity index is 353. The maximum atomic E-state index is 11.4. The van der Waals surface area contributed by atoms with E-state index in [0.29, 0.717) is 6.61 Å². The first-order valence-electron chi connectivity index (χ1n) is 5.50. The molecule has 0 fully saturated rings. The third kappa shape index (κ3) is 3.53. The molecule has 0 aromatic carbocycles. The van der Waals surface area contributed by atoms with E-state index in [9.17, 15) is 4.79 Å². The van der Waals surface area contributed by atoms with Crippen molar-refractivity contribution < 1.29 is 9.53 Å². The summed E-state index contributed by atoms with van der Waals surface area (Å²) < 4.78 is 4.93. The first kappa shape index (κ1) is 12.5. The van der Waals surface area contributed by atoms with Gasteiger partial charge in [0.1, 0.15) is 6.54 Å². The van der Waals surface area contributed by atoms with Crippen molar-refractivity contribution in [3.05, 3.63) is 24.0 Å². The van der Waals surface area contributed by atoms with Crippen molar-refractivity contribution in [2.24, 2.45) is 0 Å². The van der Waals surface area contributed by atoms with Gasteiger partial charge in [0.05, 0.1) is 6.61 Å².